The molecule has 2 aliphatic heterocycles. The number of fused-ring (bicyclic) bond motifs is 1. The van der Waals surface area contributed by atoms with Crippen molar-refractivity contribution in [3.63, 3.8) is 0 Å². The van der Waals surface area contributed by atoms with Gasteiger partial charge in [-0.3, -0.25) is 18.6 Å². The van der Waals surface area contributed by atoms with E-state index in [4.69, 9.17) is 42.1 Å². The smallest absolute Gasteiger partial charge is 0.403 e. The van der Waals surface area contributed by atoms with Crippen molar-refractivity contribution in [3.8, 4) is 5.75 Å². The Morgan fingerprint density at radius 3 is 2.59 bits per heavy atom. The largest absolute Gasteiger partial charge is 0.530 e. The molecule has 2 aromatic rings. The summed E-state index contributed by atoms with van der Waals surface area (Å²) in [5.41, 5.74) is 0.176. The predicted molar refractivity (Wildman–Crippen MR) is 130 cm³/mol. The second-order valence-corrected chi connectivity index (χ2v) is 11.9. The third kappa shape index (κ3) is 5.16. The molecule has 5 atom stereocenters. The third-order valence-corrected chi connectivity index (χ3v) is 8.19. The molecule has 0 bridgehead atoms. The number of benzene rings is 1. The molecule has 1 aromatic carbocycles. The van der Waals surface area contributed by atoms with Crippen LogP contribution in [0, 0.1) is 10.5 Å². The number of rotatable bonds is 6. The van der Waals surface area contributed by atoms with Gasteiger partial charge in [-0.25, -0.2) is 18.1 Å². The van der Waals surface area contributed by atoms with E-state index in [1.54, 1.807) is 6.07 Å². The summed E-state index contributed by atoms with van der Waals surface area (Å²) in [6.45, 7) is 5.65. The van der Waals surface area contributed by atoms with Gasteiger partial charge in [-0.15, -0.1) is 0 Å². The van der Waals surface area contributed by atoms with Crippen LogP contribution in [0.15, 0.2) is 17.1 Å². The lowest BCUT2D eigenvalue weighted by molar-refractivity contribution is -0.205. The normalized spacial score (nSPS) is 29.5. The molecule has 4 rings (SSSR count). The van der Waals surface area contributed by atoms with Crippen LogP contribution in [0.5, 0.6) is 5.75 Å². The molecule has 1 fully saturated rings. The van der Waals surface area contributed by atoms with E-state index in [1.165, 1.54) is 0 Å². The first-order valence-electron chi connectivity index (χ1n) is 11.3. The number of halogens is 3. The fourth-order valence-electron chi connectivity index (χ4n) is 4.08. The monoisotopic (exact) mass is 582 g/mol. The van der Waals surface area contributed by atoms with Gasteiger partial charge in [0.15, 0.2) is 6.23 Å². The number of aromatic nitrogens is 2. The SMILES string of the molecule is CC(C)c1cc(C(C)C)c2c(c1F)COP(=O)(OC[C@@]1(F)O[C@@H](n3cc(Cl)c(=S)[nH]c3=O)[C@H](O)[C@@H]1O)O2. The summed E-state index contributed by atoms with van der Waals surface area (Å²) < 4.78 is 65.5. The lowest BCUT2D eigenvalue weighted by Gasteiger charge is -2.31. The van der Waals surface area contributed by atoms with Crippen molar-refractivity contribution in [2.75, 3.05) is 6.61 Å². The first-order valence-corrected chi connectivity index (χ1v) is 13.6. The Morgan fingerprint density at radius 1 is 1.32 bits per heavy atom. The van der Waals surface area contributed by atoms with Gasteiger partial charge < -0.3 is 19.5 Å². The van der Waals surface area contributed by atoms with Crippen molar-refractivity contribution in [3.05, 3.63) is 54.9 Å². The molecule has 1 unspecified atom stereocenters. The van der Waals surface area contributed by atoms with E-state index >= 15 is 8.78 Å². The second kappa shape index (κ2) is 10.1. The minimum Gasteiger partial charge on any atom is -0.403 e. The molecule has 37 heavy (non-hydrogen) atoms. The summed E-state index contributed by atoms with van der Waals surface area (Å²) in [4.78, 5) is 14.5. The van der Waals surface area contributed by atoms with Gasteiger partial charge in [-0.1, -0.05) is 51.5 Å². The van der Waals surface area contributed by atoms with Crippen molar-refractivity contribution in [2.24, 2.45) is 0 Å². The van der Waals surface area contributed by atoms with Crippen LogP contribution in [0.4, 0.5) is 8.78 Å². The van der Waals surface area contributed by atoms with Crippen LogP contribution < -0.4 is 10.2 Å². The molecule has 10 nitrogen and oxygen atoms in total. The van der Waals surface area contributed by atoms with Gasteiger partial charge in [0, 0.05) is 6.20 Å². The first-order chi connectivity index (χ1) is 17.2. The quantitative estimate of drug-likeness (QED) is 0.330. The molecular weight excluding hydrogens is 557 g/mol. The molecule has 2 aliphatic rings. The molecule has 1 saturated heterocycles. The number of hydrogen-bond donors (Lipinski definition) is 3. The number of aliphatic hydroxyl groups is 2. The minimum atomic E-state index is -4.52. The maximum atomic E-state index is 15.6. The molecule has 0 amide bonds. The Labute approximate surface area is 220 Å². The van der Waals surface area contributed by atoms with Gasteiger partial charge in [0.25, 0.3) is 5.85 Å². The highest BCUT2D eigenvalue weighted by Crippen LogP contribution is 2.58. The van der Waals surface area contributed by atoms with Crippen LogP contribution in [-0.2, 0) is 25.0 Å². The molecule has 3 N–H and O–H groups in total. The van der Waals surface area contributed by atoms with Crippen molar-refractivity contribution < 1.29 is 41.9 Å². The Hall–Kier alpha value is -1.70. The van der Waals surface area contributed by atoms with E-state index in [1.807, 2.05) is 27.7 Å². The van der Waals surface area contributed by atoms with E-state index < -0.39 is 56.8 Å². The van der Waals surface area contributed by atoms with Gasteiger partial charge in [0.2, 0.25) is 0 Å². The average Bonchev–Trinajstić information content (AvgIpc) is 3.04. The van der Waals surface area contributed by atoms with Crippen LogP contribution >= 0.6 is 31.6 Å². The zero-order chi connectivity index (χ0) is 27.4. The molecule has 3 heterocycles. The Bertz CT molecular complexity index is 1390. The Kier molecular flexibility index (Phi) is 7.75. The van der Waals surface area contributed by atoms with Crippen LogP contribution in [0.1, 0.15) is 62.4 Å². The van der Waals surface area contributed by atoms with E-state index in [9.17, 15) is 19.6 Å². The number of aromatic amines is 1. The summed E-state index contributed by atoms with van der Waals surface area (Å²) in [6, 6.07) is 1.62. The minimum absolute atomic E-state index is 0.0223. The average molecular weight is 583 g/mol. The zero-order valence-corrected chi connectivity index (χ0v) is 22.7. The van der Waals surface area contributed by atoms with Gasteiger partial charge in [0.05, 0.1) is 17.2 Å². The number of hydrogen-bond acceptors (Lipinski definition) is 9. The summed E-state index contributed by atoms with van der Waals surface area (Å²) in [6.07, 6.45) is -4.90. The molecule has 204 valence electrons. The summed E-state index contributed by atoms with van der Waals surface area (Å²) >= 11 is 10.8. The highest BCUT2D eigenvalue weighted by molar-refractivity contribution is 7.71. The van der Waals surface area contributed by atoms with E-state index in [0.717, 1.165) is 6.20 Å². The number of phosphoric acid groups is 1. The number of alkyl halides is 1. The van der Waals surface area contributed by atoms with E-state index in [2.05, 4.69) is 4.98 Å². The summed E-state index contributed by atoms with van der Waals surface area (Å²) in [5, 5.41) is 20.6. The van der Waals surface area contributed by atoms with Crippen molar-refractivity contribution >= 4 is 31.6 Å². The lowest BCUT2D eigenvalue weighted by atomic mass is 9.91. The maximum absolute atomic E-state index is 15.6. The molecule has 0 aliphatic carbocycles. The van der Waals surface area contributed by atoms with Gasteiger partial charge >= 0.3 is 13.5 Å². The maximum Gasteiger partial charge on any atom is 0.530 e. The van der Waals surface area contributed by atoms with Crippen molar-refractivity contribution in [1.29, 1.82) is 0 Å². The Morgan fingerprint density at radius 2 is 1.97 bits per heavy atom. The van der Waals surface area contributed by atoms with Crippen LogP contribution in [0.25, 0.3) is 0 Å². The number of phosphoric ester groups is 1. The molecule has 1 aromatic heterocycles. The van der Waals surface area contributed by atoms with Crippen molar-refractivity contribution in [2.45, 2.75) is 70.4 Å². The van der Waals surface area contributed by atoms with Crippen LogP contribution in [-0.4, -0.2) is 44.4 Å². The second-order valence-electron chi connectivity index (χ2n) is 9.45. The lowest BCUT2D eigenvalue weighted by Crippen LogP contribution is -2.43. The highest BCUT2D eigenvalue weighted by atomic mass is 35.5. The fraction of sp³-hybridized carbons (Fsp3) is 0.545. The topological polar surface area (TPSA) is 132 Å². The predicted octanol–water partition coefficient (Wildman–Crippen LogP) is 4.60. The van der Waals surface area contributed by atoms with E-state index in [-0.39, 0.29) is 32.8 Å². The van der Waals surface area contributed by atoms with Crippen LogP contribution in [0.3, 0.4) is 0 Å². The fourth-order valence-corrected chi connectivity index (χ4v) is 5.62. The molecule has 0 spiro atoms. The number of nitrogens with zero attached hydrogens (tertiary/aromatic N) is 1. The Balaban J connectivity index is 1.58. The van der Waals surface area contributed by atoms with Crippen molar-refractivity contribution in [1.82, 2.24) is 9.55 Å². The zero-order valence-electron chi connectivity index (χ0n) is 20.2. The van der Waals surface area contributed by atoms with Gasteiger partial charge in [-0.05, 0) is 29.0 Å². The number of aliphatic hydroxyl groups excluding tert-OH is 2. The summed E-state index contributed by atoms with van der Waals surface area (Å²) in [7, 11) is -4.52. The first kappa shape index (κ1) is 28.3. The van der Waals surface area contributed by atoms with E-state index in [0.29, 0.717) is 15.7 Å². The van der Waals surface area contributed by atoms with Crippen LogP contribution in [0.2, 0.25) is 5.02 Å². The number of nitrogens with one attached hydrogen (secondary N) is 1. The highest BCUT2D eigenvalue weighted by Gasteiger charge is 2.58. The third-order valence-electron chi connectivity index (χ3n) is 6.17. The standard InChI is InChI=1S/C22H26ClF2N2O8PS/c1-9(2)11-5-12(10(3)4)17-13(15(11)24)7-32-36(31,35-17)33-8-22(25)18(29)16(28)20(34-22)27-6-14(23)19(37)26-21(27)30/h5-6,9-10,16,18,20,28-29H,7-8H2,1-4H3,(H,26,30,37)/t16-,18+,20-,22-,36?/m1/s1. The van der Waals surface area contributed by atoms with Gasteiger partial charge in [-0.2, -0.15) is 0 Å². The molecule has 15 heteroatoms. The van der Waals surface area contributed by atoms with Gasteiger partial charge in [0.1, 0.15) is 35.0 Å². The number of ether oxygens (including phenoxy) is 1. The number of H-pyrrole nitrogens is 1. The summed E-state index contributed by atoms with van der Waals surface area (Å²) in [5.74, 6) is -4.01. The molecule has 0 radical (unpaired) electrons. The molecule has 0 saturated carbocycles. The molecular formula is C22H26ClF2N2O8PS.